The van der Waals surface area contributed by atoms with Crippen LogP contribution in [-0.2, 0) is 4.79 Å². The highest BCUT2D eigenvalue weighted by Gasteiger charge is 2.23. The van der Waals surface area contributed by atoms with Gasteiger partial charge in [-0.3, -0.25) is 4.79 Å². The first kappa shape index (κ1) is 25.7. The number of hydrogen-bond donors (Lipinski definition) is 1. The summed E-state index contributed by atoms with van der Waals surface area (Å²) < 4.78 is 13.5. The lowest BCUT2D eigenvalue weighted by molar-refractivity contribution is -0.127. The van der Waals surface area contributed by atoms with Crippen molar-refractivity contribution in [3.8, 4) is 17.4 Å². The fourth-order valence-corrected chi connectivity index (χ4v) is 5.57. The van der Waals surface area contributed by atoms with Crippen molar-refractivity contribution < 1.29 is 14.3 Å². The molecule has 1 aliphatic rings. The fourth-order valence-electron chi connectivity index (χ4n) is 4.76. The highest BCUT2D eigenvalue weighted by atomic mass is 32.1. The van der Waals surface area contributed by atoms with Crippen molar-refractivity contribution >= 4 is 50.0 Å². The van der Waals surface area contributed by atoms with Crippen molar-refractivity contribution in [1.82, 2.24) is 24.8 Å². The number of aromatic nitrogens is 4. The number of hydrogen-bond acceptors (Lipinski definition) is 9. The molecule has 0 spiro atoms. The Kier molecular flexibility index (Phi) is 7.00. The topological polar surface area (TPSA) is 102 Å². The molecule has 0 saturated carbocycles. The molecule has 1 saturated heterocycles. The van der Waals surface area contributed by atoms with E-state index in [-0.39, 0.29) is 12.0 Å². The van der Waals surface area contributed by atoms with Gasteiger partial charge >= 0.3 is 0 Å². The van der Waals surface area contributed by atoms with Gasteiger partial charge in [-0.2, -0.15) is 0 Å². The minimum absolute atomic E-state index is 0.0182. The number of carbonyl (C=O) groups is 1. The lowest BCUT2D eigenvalue weighted by atomic mass is 10.1. The maximum absolute atomic E-state index is 11.9. The number of aryl methyl sites for hydroxylation is 2. The van der Waals surface area contributed by atoms with Gasteiger partial charge in [-0.25, -0.2) is 19.9 Å². The minimum Gasteiger partial charge on any atom is -0.474 e. The van der Waals surface area contributed by atoms with Gasteiger partial charge in [0, 0.05) is 43.8 Å². The third-order valence-electron chi connectivity index (χ3n) is 6.80. The molecule has 2 aromatic carbocycles. The van der Waals surface area contributed by atoms with Crippen LogP contribution in [0.1, 0.15) is 23.4 Å². The quantitative estimate of drug-likeness (QED) is 0.233. The van der Waals surface area contributed by atoms with Gasteiger partial charge in [0.15, 0.2) is 5.82 Å². The number of benzene rings is 2. The average Bonchev–Trinajstić information content (AvgIpc) is 3.34. The number of pyridine rings is 1. The molecule has 9 nitrogen and oxygen atoms in total. The van der Waals surface area contributed by atoms with E-state index >= 15 is 0 Å². The van der Waals surface area contributed by atoms with Crippen LogP contribution in [0.4, 0.5) is 11.5 Å². The number of nitrogens with one attached hydrogen (secondary N) is 1. The molecule has 0 unspecified atom stereocenters. The van der Waals surface area contributed by atoms with Crippen LogP contribution in [0.3, 0.4) is 0 Å². The van der Waals surface area contributed by atoms with E-state index in [1.54, 1.807) is 16.2 Å². The molecule has 40 heavy (non-hydrogen) atoms. The zero-order chi connectivity index (χ0) is 27.6. The zero-order valence-electron chi connectivity index (χ0n) is 22.3. The van der Waals surface area contributed by atoms with Gasteiger partial charge in [-0.05, 0) is 61.9 Å². The Morgan fingerprint density at radius 3 is 2.70 bits per heavy atom. The zero-order valence-corrected chi connectivity index (χ0v) is 23.1. The number of rotatable bonds is 7. The van der Waals surface area contributed by atoms with Gasteiger partial charge < -0.3 is 19.7 Å². The summed E-state index contributed by atoms with van der Waals surface area (Å²) in [6.07, 6.45) is 4.32. The average molecular weight is 553 g/mol. The first-order valence-electron chi connectivity index (χ1n) is 13.1. The molecule has 6 rings (SSSR count). The molecule has 5 aromatic rings. The predicted molar refractivity (Wildman–Crippen MR) is 157 cm³/mol. The van der Waals surface area contributed by atoms with E-state index in [0.717, 1.165) is 50.8 Å². The summed E-state index contributed by atoms with van der Waals surface area (Å²) in [6, 6.07) is 15.6. The lowest BCUT2D eigenvalue weighted by Gasteiger charge is -2.31. The monoisotopic (exact) mass is 552 g/mol. The molecule has 0 bridgehead atoms. The molecule has 0 atom stereocenters. The molecule has 3 aromatic heterocycles. The number of ether oxygens (including phenoxy) is 2. The first-order valence-corrected chi connectivity index (χ1v) is 13.9. The number of carbonyl (C=O) groups excluding carboxylic acids is 1. The predicted octanol–water partition coefficient (Wildman–Crippen LogP) is 6.34. The third kappa shape index (κ3) is 5.43. The van der Waals surface area contributed by atoms with Crippen molar-refractivity contribution in [3.05, 3.63) is 78.1 Å². The SMILES string of the molecule is C=CC(=O)N1CCC(Oc2ccc3ncnc(Nc4ccc(Oc5ccc6sc(C)nc6c5)c(C)c4)c3n2)CC1. The molecule has 0 radical (unpaired) electrons. The van der Waals surface area contributed by atoms with E-state index in [1.807, 2.05) is 62.4 Å². The Hall–Kier alpha value is -4.57. The summed E-state index contributed by atoms with van der Waals surface area (Å²) in [7, 11) is 0. The molecule has 0 aliphatic carbocycles. The van der Waals surface area contributed by atoms with Crippen molar-refractivity contribution in [2.75, 3.05) is 18.4 Å². The van der Waals surface area contributed by atoms with Crippen LogP contribution < -0.4 is 14.8 Å². The number of anilines is 2. The van der Waals surface area contributed by atoms with Crippen LogP contribution in [0.5, 0.6) is 17.4 Å². The number of fused-ring (bicyclic) bond motifs is 2. The summed E-state index contributed by atoms with van der Waals surface area (Å²) >= 11 is 1.67. The number of amides is 1. The largest absolute Gasteiger partial charge is 0.474 e. The summed E-state index contributed by atoms with van der Waals surface area (Å²) in [4.78, 5) is 31.7. The number of piperidine rings is 1. The van der Waals surface area contributed by atoms with Crippen LogP contribution in [0.25, 0.3) is 21.3 Å². The van der Waals surface area contributed by atoms with Gasteiger partial charge in [0.2, 0.25) is 11.8 Å². The van der Waals surface area contributed by atoms with E-state index in [4.69, 9.17) is 14.5 Å². The molecule has 1 aliphatic heterocycles. The molecule has 1 fully saturated rings. The molecule has 1 N–H and O–H groups in total. The van der Waals surface area contributed by atoms with Crippen LogP contribution in [0, 0.1) is 13.8 Å². The molecule has 4 heterocycles. The highest BCUT2D eigenvalue weighted by molar-refractivity contribution is 7.18. The maximum atomic E-state index is 11.9. The third-order valence-corrected chi connectivity index (χ3v) is 7.76. The van der Waals surface area contributed by atoms with Crippen LogP contribution in [-0.4, -0.2) is 49.9 Å². The molecular weight excluding hydrogens is 524 g/mol. The van der Waals surface area contributed by atoms with E-state index in [1.165, 1.54) is 12.4 Å². The second-order valence-corrected chi connectivity index (χ2v) is 10.9. The van der Waals surface area contributed by atoms with Crippen LogP contribution in [0.15, 0.2) is 67.5 Å². The summed E-state index contributed by atoms with van der Waals surface area (Å²) in [6.45, 7) is 8.85. The molecule has 202 valence electrons. The van der Waals surface area contributed by atoms with Gasteiger partial charge in [0.1, 0.15) is 29.4 Å². The van der Waals surface area contributed by atoms with Crippen molar-refractivity contribution in [1.29, 1.82) is 0 Å². The Morgan fingerprint density at radius 1 is 1.05 bits per heavy atom. The van der Waals surface area contributed by atoms with E-state index in [2.05, 4.69) is 26.8 Å². The Labute approximate surface area is 235 Å². The van der Waals surface area contributed by atoms with Crippen LogP contribution in [0.2, 0.25) is 0 Å². The number of thiazole rings is 1. The highest BCUT2D eigenvalue weighted by Crippen LogP contribution is 2.32. The van der Waals surface area contributed by atoms with Gasteiger partial charge in [0.25, 0.3) is 0 Å². The molecular formula is C30H28N6O3S. The lowest BCUT2D eigenvalue weighted by Crippen LogP contribution is -2.41. The van der Waals surface area contributed by atoms with Crippen molar-refractivity contribution in [2.45, 2.75) is 32.8 Å². The van der Waals surface area contributed by atoms with E-state index in [0.29, 0.717) is 35.8 Å². The maximum Gasteiger partial charge on any atom is 0.245 e. The van der Waals surface area contributed by atoms with E-state index < -0.39 is 0 Å². The molecule has 1 amide bonds. The standard InChI is InChI=1S/C30H28N6O3S/c1-4-28(37)36-13-11-21(12-14-36)39-27-10-7-23-29(35-27)30(32-17-31-23)34-20-5-8-25(18(2)15-20)38-22-6-9-26-24(16-22)33-19(3)40-26/h4-10,15-17,21H,1,11-14H2,2-3H3,(H,31,32,34). The summed E-state index contributed by atoms with van der Waals surface area (Å²) in [5, 5.41) is 4.41. The minimum atomic E-state index is -0.0443. The molecule has 10 heteroatoms. The summed E-state index contributed by atoms with van der Waals surface area (Å²) in [5.41, 5.74) is 4.08. The van der Waals surface area contributed by atoms with Gasteiger partial charge in [-0.1, -0.05) is 6.58 Å². The van der Waals surface area contributed by atoms with Gasteiger partial charge in [-0.15, -0.1) is 11.3 Å². The number of nitrogens with zero attached hydrogens (tertiary/aromatic N) is 5. The van der Waals surface area contributed by atoms with E-state index in [9.17, 15) is 4.79 Å². The normalized spacial score (nSPS) is 13.9. The Morgan fingerprint density at radius 2 is 1.90 bits per heavy atom. The second kappa shape index (κ2) is 10.9. The Bertz CT molecular complexity index is 1730. The Balaban J connectivity index is 1.17. The van der Waals surface area contributed by atoms with Crippen molar-refractivity contribution in [2.24, 2.45) is 0 Å². The van der Waals surface area contributed by atoms with Gasteiger partial charge in [0.05, 0.1) is 20.7 Å². The fraction of sp³-hybridized carbons (Fsp3) is 0.233. The smallest absolute Gasteiger partial charge is 0.245 e. The second-order valence-electron chi connectivity index (χ2n) is 9.66. The van der Waals surface area contributed by atoms with Crippen LogP contribution >= 0.6 is 11.3 Å². The first-order chi connectivity index (χ1) is 19.4. The number of likely N-dealkylation sites (tertiary alicyclic amines) is 1. The van der Waals surface area contributed by atoms with Crippen molar-refractivity contribution in [3.63, 3.8) is 0 Å². The summed E-state index contributed by atoms with van der Waals surface area (Å²) in [5.74, 6) is 2.56.